The lowest BCUT2D eigenvalue weighted by atomic mass is 10.2. The van der Waals surface area contributed by atoms with Gasteiger partial charge in [0.2, 0.25) is 5.88 Å². The molecule has 4 nitrogen and oxygen atoms in total. The Balaban J connectivity index is 1.88. The number of aromatic nitrogens is 1. The monoisotopic (exact) mass is 300 g/mol. The molecule has 1 N–H and O–H groups in total. The summed E-state index contributed by atoms with van der Waals surface area (Å²) in [6.07, 6.45) is 2.13. The number of hydrogen-bond acceptors (Lipinski definition) is 4. The van der Waals surface area contributed by atoms with Crippen LogP contribution in [-0.4, -0.2) is 36.9 Å². The van der Waals surface area contributed by atoms with E-state index in [1.54, 1.807) is 6.20 Å². The van der Waals surface area contributed by atoms with Crippen molar-refractivity contribution in [1.29, 1.82) is 0 Å². The fourth-order valence-electron chi connectivity index (χ4n) is 1.77. The van der Waals surface area contributed by atoms with Crippen LogP contribution in [0.5, 0.6) is 5.88 Å². The van der Waals surface area contributed by atoms with Crippen molar-refractivity contribution in [1.82, 2.24) is 10.3 Å². The van der Waals surface area contributed by atoms with Gasteiger partial charge in [-0.2, -0.15) is 0 Å². The molecule has 2 unspecified atom stereocenters. The maximum Gasteiger partial charge on any atom is 0.228 e. The Morgan fingerprint density at radius 3 is 3.12 bits per heavy atom. The standard InChI is InChI=1S/C12H17BrN2O2/c1-8-3-11(13)12(15-4-8)16-7-10-6-14-5-9(2)17-10/h3-4,9-10,14H,5-7H2,1-2H3. The molecule has 1 saturated heterocycles. The van der Waals surface area contributed by atoms with Crippen LogP contribution in [0, 0.1) is 6.92 Å². The minimum Gasteiger partial charge on any atom is -0.474 e. The first-order valence-electron chi connectivity index (χ1n) is 5.76. The summed E-state index contributed by atoms with van der Waals surface area (Å²) in [7, 11) is 0. The Morgan fingerprint density at radius 2 is 2.41 bits per heavy atom. The number of rotatable bonds is 3. The molecule has 0 aliphatic carbocycles. The van der Waals surface area contributed by atoms with Gasteiger partial charge in [0.25, 0.3) is 0 Å². The van der Waals surface area contributed by atoms with E-state index < -0.39 is 0 Å². The predicted octanol–water partition coefficient (Wildman–Crippen LogP) is 1.91. The second kappa shape index (κ2) is 5.80. The molecule has 0 spiro atoms. The van der Waals surface area contributed by atoms with Crippen molar-refractivity contribution in [3.63, 3.8) is 0 Å². The van der Waals surface area contributed by atoms with Gasteiger partial charge in [0.1, 0.15) is 12.7 Å². The van der Waals surface area contributed by atoms with E-state index in [2.05, 4.69) is 33.2 Å². The van der Waals surface area contributed by atoms with Crippen LogP contribution in [-0.2, 0) is 4.74 Å². The highest BCUT2D eigenvalue weighted by molar-refractivity contribution is 9.10. The van der Waals surface area contributed by atoms with Gasteiger partial charge in [-0.1, -0.05) is 0 Å². The molecule has 2 heterocycles. The van der Waals surface area contributed by atoms with E-state index in [1.807, 2.05) is 13.0 Å². The van der Waals surface area contributed by atoms with Crippen LogP contribution in [0.25, 0.3) is 0 Å². The summed E-state index contributed by atoms with van der Waals surface area (Å²) < 4.78 is 12.3. The van der Waals surface area contributed by atoms with Crippen molar-refractivity contribution < 1.29 is 9.47 Å². The topological polar surface area (TPSA) is 43.4 Å². The SMILES string of the molecule is Cc1cnc(OCC2CNCC(C)O2)c(Br)c1. The number of halogens is 1. The van der Waals surface area contributed by atoms with Crippen molar-refractivity contribution in [3.05, 3.63) is 22.3 Å². The van der Waals surface area contributed by atoms with Gasteiger partial charge in [0.05, 0.1) is 10.6 Å². The molecule has 0 amide bonds. The normalized spacial score (nSPS) is 24.6. The molecule has 2 atom stereocenters. The zero-order valence-electron chi connectivity index (χ0n) is 10.1. The van der Waals surface area contributed by atoms with Crippen molar-refractivity contribution in [2.45, 2.75) is 26.1 Å². The molecule has 17 heavy (non-hydrogen) atoms. The minimum atomic E-state index is 0.0914. The molecule has 1 aliphatic heterocycles. The van der Waals surface area contributed by atoms with Crippen LogP contribution >= 0.6 is 15.9 Å². The largest absolute Gasteiger partial charge is 0.474 e. The number of hydrogen-bond donors (Lipinski definition) is 1. The maximum absolute atomic E-state index is 5.74. The zero-order chi connectivity index (χ0) is 12.3. The lowest BCUT2D eigenvalue weighted by Gasteiger charge is -2.28. The van der Waals surface area contributed by atoms with Crippen LogP contribution in [0.15, 0.2) is 16.7 Å². The Kier molecular flexibility index (Phi) is 4.36. The van der Waals surface area contributed by atoms with Crippen LogP contribution in [0.3, 0.4) is 0 Å². The van der Waals surface area contributed by atoms with Gasteiger partial charge in [-0.25, -0.2) is 4.98 Å². The first kappa shape index (κ1) is 12.8. The number of pyridine rings is 1. The second-order valence-electron chi connectivity index (χ2n) is 4.34. The average Bonchev–Trinajstić information content (AvgIpc) is 2.28. The van der Waals surface area contributed by atoms with E-state index in [0.717, 1.165) is 23.1 Å². The van der Waals surface area contributed by atoms with Crippen LogP contribution in [0.2, 0.25) is 0 Å². The van der Waals surface area contributed by atoms with Crippen molar-refractivity contribution in [2.75, 3.05) is 19.7 Å². The third-order valence-corrected chi connectivity index (χ3v) is 3.15. The molecule has 1 aromatic rings. The molecule has 1 aromatic heterocycles. The summed E-state index contributed by atoms with van der Waals surface area (Å²) in [6.45, 7) is 6.30. The summed E-state index contributed by atoms with van der Waals surface area (Å²) in [5, 5.41) is 3.31. The quantitative estimate of drug-likeness (QED) is 0.926. The molecule has 0 aromatic carbocycles. The Hall–Kier alpha value is -0.650. The molecular formula is C12H17BrN2O2. The fourth-order valence-corrected chi connectivity index (χ4v) is 2.35. The van der Waals surface area contributed by atoms with Crippen molar-refractivity contribution in [2.24, 2.45) is 0 Å². The van der Waals surface area contributed by atoms with E-state index in [4.69, 9.17) is 9.47 Å². The number of aryl methyl sites for hydroxylation is 1. The molecular weight excluding hydrogens is 284 g/mol. The fraction of sp³-hybridized carbons (Fsp3) is 0.583. The van der Waals surface area contributed by atoms with Gasteiger partial charge < -0.3 is 14.8 Å². The molecule has 94 valence electrons. The Labute approximate surface area is 110 Å². The van der Waals surface area contributed by atoms with Crippen LogP contribution in [0.1, 0.15) is 12.5 Å². The van der Waals surface area contributed by atoms with E-state index >= 15 is 0 Å². The van der Waals surface area contributed by atoms with E-state index in [-0.39, 0.29) is 12.2 Å². The molecule has 0 bridgehead atoms. The van der Waals surface area contributed by atoms with Gasteiger partial charge in [-0.05, 0) is 41.4 Å². The summed E-state index contributed by atoms with van der Waals surface area (Å²) in [6, 6.07) is 1.99. The van der Waals surface area contributed by atoms with Gasteiger partial charge in [0, 0.05) is 19.3 Å². The average molecular weight is 301 g/mol. The Morgan fingerprint density at radius 1 is 1.59 bits per heavy atom. The molecule has 2 rings (SSSR count). The van der Waals surface area contributed by atoms with Crippen LogP contribution < -0.4 is 10.1 Å². The zero-order valence-corrected chi connectivity index (χ0v) is 11.7. The summed E-state index contributed by atoms with van der Waals surface area (Å²) in [4.78, 5) is 4.24. The van der Waals surface area contributed by atoms with Crippen LogP contribution in [0.4, 0.5) is 0 Å². The molecule has 1 aliphatic rings. The number of morpholine rings is 1. The molecule has 0 radical (unpaired) electrons. The number of ether oxygens (including phenoxy) is 2. The lowest BCUT2D eigenvalue weighted by molar-refractivity contribution is -0.0477. The lowest BCUT2D eigenvalue weighted by Crippen LogP contribution is -2.45. The number of nitrogens with one attached hydrogen (secondary N) is 1. The summed E-state index contributed by atoms with van der Waals surface area (Å²) in [5.41, 5.74) is 1.11. The summed E-state index contributed by atoms with van der Waals surface area (Å²) in [5.74, 6) is 0.623. The highest BCUT2D eigenvalue weighted by Gasteiger charge is 2.19. The molecule has 5 heteroatoms. The summed E-state index contributed by atoms with van der Waals surface area (Å²) >= 11 is 3.44. The predicted molar refractivity (Wildman–Crippen MR) is 69.4 cm³/mol. The van der Waals surface area contributed by atoms with Gasteiger partial charge in [0.15, 0.2) is 0 Å². The van der Waals surface area contributed by atoms with E-state index in [1.165, 1.54) is 0 Å². The van der Waals surface area contributed by atoms with Gasteiger partial charge >= 0.3 is 0 Å². The molecule has 0 saturated carbocycles. The third kappa shape index (κ3) is 3.66. The van der Waals surface area contributed by atoms with Crippen molar-refractivity contribution >= 4 is 15.9 Å². The van der Waals surface area contributed by atoms with Gasteiger partial charge in [-0.15, -0.1) is 0 Å². The highest BCUT2D eigenvalue weighted by Crippen LogP contribution is 2.23. The molecule has 1 fully saturated rings. The van der Waals surface area contributed by atoms with E-state index in [9.17, 15) is 0 Å². The highest BCUT2D eigenvalue weighted by atomic mass is 79.9. The third-order valence-electron chi connectivity index (χ3n) is 2.58. The van der Waals surface area contributed by atoms with Gasteiger partial charge in [-0.3, -0.25) is 0 Å². The maximum atomic E-state index is 5.74. The minimum absolute atomic E-state index is 0.0914. The van der Waals surface area contributed by atoms with Crippen molar-refractivity contribution in [3.8, 4) is 5.88 Å². The first-order chi connectivity index (χ1) is 8.15. The van der Waals surface area contributed by atoms with E-state index in [0.29, 0.717) is 12.5 Å². The first-order valence-corrected chi connectivity index (χ1v) is 6.55. The second-order valence-corrected chi connectivity index (χ2v) is 5.19. The number of nitrogens with zero attached hydrogens (tertiary/aromatic N) is 1. The Bertz CT molecular complexity index is 387. The smallest absolute Gasteiger partial charge is 0.228 e.